The van der Waals surface area contributed by atoms with Crippen molar-refractivity contribution in [3.05, 3.63) is 39.1 Å². The molecule has 0 saturated heterocycles. The number of nitrogens with two attached hydrogens (primary N) is 1. The summed E-state index contributed by atoms with van der Waals surface area (Å²) in [6, 6.07) is 6.61. The summed E-state index contributed by atoms with van der Waals surface area (Å²) in [5, 5.41) is 0. The number of hydrogen-bond donors (Lipinski definition) is 2. The number of aromatic nitrogens is 2. The normalized spacial score (nSPS) is 10.2. The van der Waals surface area contributed by atoms with Crippen molar-refractivity contribution >= 4 is 21.7 Å². The Hall–Kier alpha value is -1.82. The van der Waals surface area contributed by atoms with Gasteiger partial charge in [-0.25, -0.2) is 4.98 Å². The van der Waals surface area contributed by atoms with Gasteiger partial charge in [0.15, 0.2) is 0 Å². The number of nitrogens with zero attached hydrogens (tertiary/aromatic N) is 1. The molecule has 0 atom stereocenters. The van der Waals surface area contributed by atoms with Crippen LogP contribution in [0.2, 0.25) is 0 Å². The van der Waals surface area contributed by atoms with Gasteiger partial charge in [-0.3, -0.25) is 4.79 Å². The van der Waals surface area contributed by atoms with E-state index in [-0.39, 0.29) is 11.4 Å². The van der Waals surface area contributed by atoms with E-state index in [1.165, 1.54) is 6.07 Å². The minimum Gasteiger partial charge on any atom is -0.496 e. The average molecular weight is 296 g/mol. The number of benzene rings is 1. The van der Waals surface area contributed by atoms with Crippen molar-refractivity contribution in [2.75, 3.05) is 12.8 Å². The summed E-state index contributed by atoms with van der Waals surface area (Å²) in [6.07, 6.45) is 0. The zero-order valence-electron chi connectivity index (χ0n) is 9.03. The first-order chi connectivity index (χ1) is 8.10. The standard InChI is InChI=1S/C11H10BrN3O2/c1-17-8-3-2-6(4-7(8)12)11-14-9(13)5-10(16)15-11/h2-5H,1H3,(H3,13,14,15,16). The molecule has 3 N–H and O–H groups in total. The molecule has 0 spiro atoms. The van der Waals surface area contributed by atoms with Crippen LogP contribution in [0.25, 0.3) is 11.4 Å². The van der Waals surface area contributed by atoms with Crippen LogP contribution in [0, 0.1) is 0 Å². The van der Waals surface area contributed by atoms with E-state index < -0.39 is 0 Å². The third-order valence-corrected chi connectivity index (χ3v) is 2.81. The van der Waals surface area contributed by atoms with E-state index in [1.54, 1.807) is 25.3 Å². The van der Waals surface area contributed by atoms with Crippen molar-refractivity contribution in [1.29, 1.82) is 0 Å². The molecule has 1 heterocycles. The van der Waals surface area contributed by atoms with E-state index in [4.69, 9.17) is 10.5 Å². The van der Waals surface area contributed by atoms with Crippen LogP contribution in [-0.4, -0.2) is 17.1 Å². The lowest BCUT2D eigenvalue weighted by Gasteiger charge is -2.06. The summed E-state index contributed by atoms with van der Waals surface area (Å²) in [5.41, 5.74) is 6.00. The number of nitrogens with one attached hydrogen (secondary N) is 1. The predicted molar refractivity (Wildman–Crippen MR) is 69.0 cm³/mol. The highest BCUT2D eigenvalue weighted by Gasteiger charge is 2.06. The summed E-state index contributed by atoms with van der Waals surface area (Å²) in [7, 11) is 1.58. The molecule has 17 heavy (non-hydrogen) atoms. The molecular weight excluding hydrogens is 286 g/mol. The molecule has 0 bridgehead atoms. The van der Waals surface area contributed by atoms with Crippen molar-refractivity contribution in [2.45, 2.75) is 0 Å². The Bertz CT molecular complexity index is 610. The lowest BCUT2D eigenvalue weighted by atomic mass is 10.2. The van der Waals surface area contributed by atoms with Gasteiger partial charge in [0.05, 0.1) is 11.6 Å². The molecule has 88 valence electrons. The molecule has 5 nitrogen and oxygen atoms in total. The number of ether oxygens (including phenoxy) is 1. The maximum Gasteiger partial charge on any atom is 0.253 e. The lowest BCUT2D eigenvalue weighted by molar-refractivity contribution is 0.412. The van der Waals surface area contributed by atoms with Crippen LogP contribution in [0.5, 0.6) is 5.75 Å². The number of aromatic amines is 1. The molecule has 2 aromatic rings. The molecule has 0 radical (unpaired) electrons. The molecule has 0 aliphatic carbocycles. The molecule has 1 aromatic heterocycles. The van der Waals surface area contributed by atoms with Gasteiger partial charge in [-0.15, -0.1) is 0 Å². The number of halogens is 1. The summed E-state index contributed by atoms with van der Waals surface area (Å²) in [5.74, 6) is 1.33. The fraction of sp³-hybridized carbons (Fsp3) is 0.0909. The maximum atomic E-state index is 11.3. The Morgan fingerprint density at radius 3 is 2.76 bits per heavy atom. The van der Waals surface area contributed by atoms with Crippen molar-refractivity contribution in [1.82, 2.24) is 9.97 Å². The summed E-state index contributed by atoms with van der Waals surface area (Å²) >= 11 is 3.37. The number of anilines is 1. The number of nitrogen functional groups attached to an aromatic ring is 1. The predicted octanol–water partition coefficient (Wildman–Crippen LogP) is 1.79. The van der Waals surface area contributed by atoms with Gasteiger partial charge in [-0.2, -0.15) is 0 Å². The number of H-pyrrole nitrogens is 1. The van der Waals surface area contributed by atoms with Gasteiger partial charge < -0.3 is 15.5 Å². The second-order valence-corrected chi connectivity index (χ2v) is 4.22. The van der Waals surface area contributed by atoms with Gasteiger partial charge in [-0.1, -0.05) is 0 Å². The van der Waals surface area contributed by atoms with Crippen LogP contribution in [-0.2, 0) is 0 Å². The number of hydrogen-bond acceptors (Lipinski definition) is 4. The highest BCUT2D eigenvalue weighted by molar-refractivity contribution is 9.10. The second-order valence-electron chi connectivity index (χ2n) is 3.37. The molecule has 1 aromatic carbocycles. The molecule has 6 heteroatoms. The summed E-state index contributed by atoms with van der Waals surface area (Å²) in [6.45, 7) is 0. The van der Waals surface area contributed by atoms with E-state index >= 15 is 0 Å². The van der Waals surface area contributed by atoms with Crippen LogP contribution in [0.3, 0.4) is 0 Å². The molecular formula is C11H10BrN3O2. The molecule has 0 aliphatic rings. The minimum absolute atomic E-state index is 0.190. The highest BCUT2D eigenvalue weighted by Crippen LogP contribution is 2.28. The van der Waals surface area contributed by atoms with Crippen LogP contribution in [0.4, 0.5) is 5.82 Å². The van der Waals surface area contributed by atoms with Crippen molar-refractivity contribution < 1.29 is 4.74 Å². The lowest BCUT2D eigenvalue weighted by Crippen LogP contribution is -2.09. The van der Waals surface area contributed by atoms with Gasteiger partial charge in [-0.05, 0) is 34.1 Å². The number of rotatable bonds is 2. The Kier molecular flexibility index (Phi) is 3.14. The van der Waals surface area contributed by atoms with Crippen LogP contribution in [0.1, 0.15) is 0 Å². The Labute approximate surface area is 106 Å². The van der Waals surface area contributed by atoms with Gasteiger partial charge >= 0.3 is 0 Å². The quantitative estimate of drug-likeness (QED) is 0.885. The first-order valence-corrected chi connectivity index (χ1v) is 5.60. The molecule has 0 amide bonds. The van der Waals surface area contributed by atoms with Gasteiger partial charge in [0, 0.05) is 11.6 Å². The van der Waals surface area contributed by atoms with Crippen molar-refractivity contribution in [3.8, 4) is 17.1 Å². The Balaban J connectivity index is 2.53. The summed E-state index contributed by atoms with van der Waals surface area (Å²) < 4.78 is 5.90. The van der Waals surface area contributed by atoms with E-state index in [9.17, 15) is 4.79 Å². The average Bonchev–Trinajstić information content (AvgIpc) is 2.27. The van der Waals surface area contributed by atoms with Gasteiger partial charge in [0.25, 0.3) is 5.56 Å². The zero-order chi connectivity index (χ0) is 12.4. The van der Waals surface area contributed by atoms with Crippen LogP contribution < -0.4 is 16.0 Å². The molecule has 0 fully saturated rings. The first-order valence-electron chi connectivity index (χ1n) is 4.81. The molecule has 0 unspecified atom stereocenters. The monoisotopic (exact) mass is 295 g/mol. The van der Waals surface area contributed by atoms with Crippen LogP contribution in [0.15, 0.2) is 33.5 Å². The Morgan fingerprint density at radius 1 is 1.41 bits per heavy atom. The van der Waals surface area contributed by atoms with E-state index in [0.717, 1.165) is 10.0 Å². The molecule has 0 saturated carbocycles. The SMILES string of the molecule is COc1ccc(-c2nc(N)cc(=O)[nH]2)cc1Br. The topological polar surface area (TPSA) is 81.0 Å². The first kappa shape index (κ1) is 11.7. The van der Waals surface area contributed by atoms with Crippen molar-refractivity contribution in [3.63, 3.8) is 0 Å². The van der Waals surface area contributed by atoms with E-state index in [2.05, 4.69) is 25.9 Å². The minimum atomic E-state index is -0.278. The number of methoxy groups -OCH3 is 1. The zero-order valence-corrected chi connectivity index (χ0v) is 10.6. The second kappa shape index (κ2) is 4.58. The fourth-order valence-corrected chi connectivity index (χ4v) is 1.97. The van der Waals surface area contributed by atoms with Gasteiger partial charge in [0.2, 0.25) is 0 Å². The van der Waals surface area contributed by atoms with Gasteiger partial charge in [0.1, 0.15) is 17.4 Å². The molecule has 2 rings (SSSR count). The third kappa shape index (κ3) is 2.47. The van der Waals surface area contributed by atoms with Crippen molar-refractivity contribution in [2.24, 2.45) is 0 Å². The maximum absolute atomic E-state index is 11.3. The van der Waals surface area contributed by atoms with Crippen LogP contribution >= 0.6 is 15.9 Å². The Morgan fingerprint density at radius 2 is 2.18 bits per heavy atom. The summed E-state index contributed by atoms with van der Waals surface area (Å²) in [4.78, 5) is 18.0. The fourth-order valence-electron chi connectivity index (χ4n) is 1.43. The third-order valence-electron chi connectivity index (χ3n) is 2.19. The van der Waals surface area contributed by atoms with E-state index in [1.807, 2.05) is 0 Å². The highest BCUT2D eigenvalue weighted by atomic mass is 79.9. The molecule has 0 aliphatic heterocycles. The van der Waals surface area contributed by atoms with E-state index in [0.29, 0.717) is 11.6 Å². The largest absolute Gasteiger partial charge is 0.496 e. The smallest absolute Gasteiger partial charge is 0.253 e.